The van der Waals surface area contributed by atoms with E-state index in [4.69, 9.17) is 0 Å². The van der Waals surface area contributed by atoms with Crippen LogP contribution in [0.1, 0.15) is 0 Å². The molecule has 0 saturated heterocycles. The fraction of sp³-hybridized carbons (Fsp3) is 0. The van der Waals surface area contributed by atoms with Crippen LogP contribution in [0.15, 0.2) is 60.7 Å². The molecule has 0 aliphatic rings. The van der Waals surface area contributed by atoms with Gasteiger partial charge in [0.2, 0.25) is 0 Å². The Morgan fingerprint density at radius 1 is 0.850 bits per heavy atom. The van der Waals surface area contributed by atoms with Crippen molar-refractivity contribution in [1.29, 1.82) is 0 Å². The molecule has 20 heavy (non-hydrogen) atoms. The second kappa shape index (κ2) is 4.17. The van der Waals surface area contributed by atoms with E-state index in [-0.39, 0.29) is 5.82 Å². The molecule has 2 aromatic carbocycles. The van der Waals surface area contributed by atoms with Crippen molar-refractivity contribution in [2.24, 2.45) is 0 Å². The number of halogens is 1. The van der Waals surface area contributed by atoms with Gasteiger partial charge in [0.25, 0.3) is 0 Å². The molecule has 3 heteroatoms. The molecule has 0 atom stereocenters. The number of hydrogen-bond acceptors (Lipinski definition) is 1. The Hall–Kier alpha value is -2.68. The molecule has 4 rings (SSSR count). The number of rotatable bonds is 1. The molecule has 4 aromatic rings. The minimum Gasteiger partial charge on any atom is -0.339 e. The highest BCUT2D eigenvalue weighted by atomic mass is 19.1. The molecule has 0 fully saturated rings. The smallest absolute Gasteiger partial charge is 0.139 e. The highest BCUT2D eigenvalue weighted by Gasteiger charge is 2.07. The van der Waals surface area contributed by atoms with E-state index >= 15 is 0 Å². The van der Waals surface area contributed by atoms with E-state index in [1.165, 1.54) is 12.1 Å². The Morgan fingerprint density at radius 2 is 1.65 bits per heavy atom. The van der Waals surface area contributed by atoms with Gasteiger partial charge in [0.1, 0.15) is 11.5 Å². The minimum atomic E-state index is -0.243. The summed E-state index contributed by atoms with van der Waals surface area (Å²) in [5.74, 6) is -0.243. The zero-order valence-corrected chi connectivity index (χ0v) is 10.6. The Bertz CT molecular complexity index is 910. The predicted octanol–water partition coefficient (Wildman–Crippen LogP) is 4.52. The zero-order chi connectivity index (χ0) is 13.5. The van der Waals surface area contributed by atoms with Crippen molar-refractivity contribution in [3.63, 3.8) is 0 Å². The van der Waals surface area contributed by atoms with Crippen molar-refractivity contribution >= 4 is 21.9 Å². The molecule has 96 valence electrons. The molecule has 0 unspecified atom stereocenters. The van der Waals surface area contributed by atoms with E-state index in [9.17, 15) is 4.39 Å². The number of nitrogens with one attached hydrogen (secondary N) is 1. The maximum atomic E-state index is 13.3. The number of aromatic nitrogens is 2. The molecule has 0 aliphatic carbocycles. The van der Waals surface area contributed by atoms with E-state index in [0.717, 1.165) is 33.2 Å². The summed E-state index contributed by atoms with van der Waals surface area (Å²) in [6, 6.07) is 18.8. The molecule has 2 heterocycles. The standard InChI is InChI=1S/C17H11FN2/c18-12-6-7-13-14-8-9-15(11-4-2-1-3-5-11)19-17(14)20-16(13)10-12/h1-10H,(H,19,20). The Morgan fingerprint density at radius 3 is 2.50 bits per heavy atom. The van der Waals surface area contributed by atoms with Gasteiger partial charge < -0.3 is 4.98 Å². The fourth-order valence-electron chi connectivity index (χ4n) is 2.52. The van der Waals surface area contributed by atoms with Crippen LogP contribution < -0.4 is 0 Å². The summed E-state index contributed by atoms with van der Waals surface area (Å²) in [6.45, 7) is 0. The molecule has 2 nitrogen and oxygen atoms in total. The second-order valence-corrected chi connectivity index (χ2v) is 4.77. The predicted molar refractivity (Wildman–Crippen MR) is 79.0 cm³/mol. The maximum absolute atomic E-state index is 13.3. The number of aromatic amines is 1. The average molecular weight is 262 g/mol. The first-order valence-electron chi connectivity index (χ1n) is 6.45. The van der Waals surface area contributed by atoms with Crippen LogP contribution in [-0.2, 0) is 0 Å². The largest absolute Gasteiger partial charge is 0.339 e. The van der Waals surface area contributed by atoms with Crippen LogP contribution in [0.25, 0.3) is 33.2 Å². The van der Waals surface area contributed by atoms with E-state index in [0.29, 0.717) is 0 Å². The van der Waals surface area contributed by atoms with Crippen molar-refractivity contribution in [3.8, 4) is 11.3 Å². The molecule has 0 bridgehead atoms. The first-order chi connectivity index (χ1) is 9.81. The van der Waals surface area contributed by atoms with E-state index in [1.54, 1.807) is 6.07 Å². The lowest BCUT2D eigenvalue weighted by molar-refractivity contribution is 0.629. The first-order valence-corrected chi connectivity index (χ1v) is 6.45. The second-order valence-electron chi connectivity index (χ2n) is 4.77. The lowest BCUT2D eigenvalue weighted by Gasteiger charge is -2.00. The molecule has 0 aliphatic heterocycles. The number of H-pyrrole nitrogens is 1. The van der Waals surface area contributed by atoms with Crippen molar-refractivity contribution in [3.05, 3.63) is 66.5 Å². The number of benzene rings is 2. The number of hydrogen-bond donors (Lipinski definition) is 1. The van der Waals surface area contributed by atoms with Gasteiger partial charge in [-0.3, -0.25) is 0 Å². The summed E-state index contributed by atoms with van der Waals surface area (Å²) >= 11 is 0. The van der Waals surface area contributed by atoms with Crippen LogP contribution >= 0.6 is 0 Å². The summed E-state index contributed by atoms with van der Waals surface area (Å²) in [7, 11) is 0. The van der Waals surface area contributed by atoms with Gasteiger partial charge in [-0.25, -0.2) is 9.37 Å². The molecule has 0 saturated carbocycles. The number of fused-ring (bicyclic) bond motifs is 3. The van der Waals surface area contributed by atoms with Gasteiger partial charge >= 0.3 is 0 Å². The summed E-state index contributed by atoms with van der Waals surface area (Å²) in [4.78, 5) is 7.81. The SMILES string of the molecule is Fc1ccc2c(c1)[nH]c1nc(-c3ccccc3)ccc12. The maximum Gasteiger partial charge on any atom is 0.139 e. The Balaban J connectivity index is 1.98. The molecule has 0 amide bonds. The number of pyridine rings is 1. The van der Waals surface area contributed by atoms with Crippen molar-refractivity contribution in [1.82, 2.24) is 9.97 Å². The fourth-order valence-corrected chi connectivity index (χ4v) is 2.52. The minimum absolute atomic E-state index is 0.243. The van der Waals surface area contributed by atoms with Crippen LogP contribution in [0.5, 0.6) is 0 Å². The van der Waals surface area contributed by atoms with E-state index < -0.39 is 0 Å². The zero-order valence-electron chi connectivity index (χ0n) is 10.6. The Labute approximate surface area is 114 Å². The lowest BCUT2D eigenvalue weighted by atomic mass is 10.1. The molecule has 0 radical (unpaired) electrons. The van der Waals surface area contributed by atoms with Crippen LogP contribution in [0.4, 0.5) is 4.39 Å². The lowest BCUT2D eigenvalue weighted by Crippen LogP contribution is -1.83. The van der Waals surface area contributed by atoms with Crippen LogP contribution in [0.3, 0.4) is 0 Å². The van der Waals surface area contributed by atoms with Gasteiger partial charge in [0.15, 0.2) is 0 Å². The summed E-state index contributed by atoms with van der Waals surface area (Å²) in [5.41, 5.74) is 3.54. The first kappa shape index (κ1) is 11.2. The molecular formula is C17H11FN2. The Kier molecular flexibility index (Phi) is 2.33. The van der Waals surface area contributed by atoms with E-state index in [2.05, 4.69) is 9.97 Å². The van der Waals surface area contributed by atoms with Crippen molar-refractivity contribution < 1.29 is 4.39 Å². The van der Waals surface area contributed by atoms with Crippen LogP contribution in [-0.4, -0.2) is 9.97 Å². The van der Waals surface area contributed by atoms with Gasteiger partial charge in [0, 0.05) is 16.3 Å². The average Bonchev–Trinajstić information content (AvgIpc) is 2.84. The topological polar surface area (TPSA) is 28.7 Å². The van der Waals surface area contributed by atoms with Crippen molar-refractivity contribution in [2.75, 3.05) is 0 Å². The quantitative estimate of drug-likeness (QED) is 0.536. The third kappa shape index (κ3) is 1.67. The molecular weight excluding hydrogens is 251 g/mol. The monoisotopic (exact) mass is 262 g/mol. The summed E-state index contributed by atoms with van der Waals surface area (Å²) in [5, 5.41) is 2.01. The van der Waals surface area contributed by atoms with Gasteiger partial charge in [-0.05, 0) is 30.3 Å². The third-order valence-corrected chi connectivity index (χ3v) is 3.49. The van der Waals surface area contributed by atoms with Crippen molar-refractivity contribution in [2.45, 2.75) is 0 Å². The van der Waals surface area contributed by atoms with Gasteiger partial charge in [-0.15, -0.1) is 0 Å². The number of nitrogens with zero attached hydrogens (tertiary/aromatic N) is 1. The highest BCUT2D eigenvalue weighted by Crippen LogP contribution is 2.27. The van der Waals surface area contributed by atoms with Crippen LogP contribution in [0.2, 0.25) is 0 Å². The van der Waals surface area contributed by atoms with Crippen LogP contribution in [0, 0.1) is 5.82 Å². The van der Waals surface area contributed by atoms with E-state index in [1.807, 2.05) is 42.5 Å². The third-order valence-electron chi connectivity index (χ3n) is 3.49. The summed E-state index contributed by atoms with van der Waals surface area (Å²) < 4.78 is 13.3. The molecule has 0 spiro atoms. The summed E-state index contributed by atoms with van der Waals surface area (Å²) in [6.07, 6.45) is 0. The molecule has 1 N–H and O–H groups in total. The van der Waals surface area contributed by atoms with Gasteiger partial charge in [-0.2, -0.15) is 0 Å². The van der Waals surface area contributed by atoms with Gasteiger partial charge in [0.05, 0.1) is 11.2 Å². The highest BCUT2D eigenvalue weighted by molar-refractivity contribution is 6.06. The normalized spacial score (nSPS) is 11.2. The van der Waals surface area contributed by atoms with Gasteiger partial charge in [-0.1, -0.05) is 30.3 Å². The molecule has 2 aromatic heterocycles.